The molecule has 0 aliphatic rings. The van der Waals surface area contributed by atoms with Crippen molar-refractivity contribution in [3.63, 3.8) is 0 Å². The van der Waals surface area contributed by atoms with Crippen molar-refractivity contribution < 1.29 is 14.8 Å². The van der Waals surface area contributed by atoms with Crippen molar-refractivity contribution >= 4 is 22.9 Å². The van der Waals surface area contributed by atoms with Gasteiger partial charge in [0, 0.05) is 28.6 Å². The third-order valence-electron chi connectivity index (χ3n) is 3.23. The Balaban J connectivity index is 1.90. The molecule has 1 unspecified atom stereocenters. The van der Waals surface area contributed by atoms with Crippen LogP contribution in [0.25, 0.3) is 0 Å². The number of nitro benzene ring substituents is 1. The molecule has 1 atom stereocenters. The van der Waals surface area contributed by atoms with E-state index in [-0.39, 0.29) is 11.6 Å². The second-order valence-corrected chi connectivity index (χ2v) is 5.81. The molecule has 0 spiro atoms. The molecule has 116 valence electrons. The summed E-state index contributed by atoms with van der Waals surface area (Å²) >= 11 is 1.47. The highest BCUT2D eigenvalue weighted by Gasteiger charge is 2.14. The van der Waals surface area contributed by atoms with E-state index in [9.17, 15) is 20.0 Å². The molecule has 1 heterocycles. The number of hydrogen-bond acceptors (Lipinski definition) is 5. The van der Waals surface area contributed by atoms with Gasteiger partial charge in [-0.1, -0.05) is 6.07 Å². The first-order valence-corrected chi connectivity index (χ1v) is 7.61. The smallest absolute Gasteiger partial charge is 0.272 e. The van der Waals surface area contributed by atoms with Crippen molar-refractivity contribution in [2.45, 2.75) is 19.4 Å². The molecule has 0 saturated carbocycles. The second-order valence-electron chi connectivity index (χ2n) is 4.83. The number of hydrogen-bond donors (Lipinski definition) is 2. The van der Waals surface area contributed by atoms with Gasteiger partial charge in [0.15, 0.2) is 0 Å². The molecule has 2 aromatic rings. The number of benzene rings is 1. The number of carbonyl (C=O) groups excluding carboxylic acids is 1. The van der Waals surface area contributed by atoms with Gasteiger partial charge in [-0.3, -0.25) is 14.9 Å². The van der Waals surface area contributed by atoms with Crippen molar-refractivity contribution in [1.82, 2.24) is 5.32 Å². The topological polar surface area (TPSA) is 92.5 Å². The average molecular weight is 320 g/mol. The lowest BCUT2D eigenvalue weighted by Gasteiger charge is -2.10. The molecule has 1 amide bonds. The van der Waals surface area contributed by atoms with Crippen molar-refractivity contribution in [3.8, 4) is 0 Å². The number of aliphatic hydroxyl groups is 1. The molecule has 6 nitrogen and oxygen atoms in total. The molecule has 1 aromatic heterocycles. The van der Waals surface area contributed by atoms with Crippen molar-refractivity contribution in [1.29, 1.82) is 0 Å². The van der Waals surface area contributed by atoms with Crippen LogP contribution in [-0.2, 0) is 0 Å². The number of rotatable bonds is 6. The zero-order valence-corrected chi connectivity index (χ0v) is 12.8. The minimum Gasteiger partial charge on any atom is -0.388 e. The summed E-state index contributed by atoms with van der Waals surface area (Å²) < 4.78 is 0. The highest BCUT2D eigenvalue weighted by atomic mass is 32.1. The number of carbonyl (C=O) groups is 1. The highest BCUT2D eigenvalue weighted by molar-refractivity contribution is 7.10. The third-order valence-corrected chi connectivity index (χ3v) is 4.20. The summed E-state index contributed by atoms with van der Waals surface area (Å²) in [5.41, 5.74) is 0.801. The minimum absolute atomic E-state index is 0.00957. The predicted octanol–water partition coefficient (Wildman–Crippen LogP) is 2.82. The summed E-state index contributed by atoms with van der Waals surface area (Å²) in [5.74, 6) is -0.309. The lowest BCUT2D eigenvalue weighted by molar-refractivity contribution is -0.385. The van der Waals surface area contributed by atoms with E-state index < -0.39 is 11.0 Å². The zero-order valence-electron chi connectivity index (χ0n) is 12.0. The van der Waals surface area contributed by atoms with Crippen LogP contribution in [0.3, 0.4) is 0 Å². The lowest BCUT2D eigenvalue weighted by Crippen LogP contribution is -2.25. The number of nitrogens with one attached hydrogen (secondary N) is 1. The number of amides is 1. The van der Waals surface area contributed by atoms with E-state index in [0.717, 1.165) is 4.88 Å². The Labute approximate surface area is 131 Å². The van der Waals surface area contributed by atoms with Crippen LogP contribution in [0.1, 0.15) is 33.3 Å². The predicted molar refractivity (Wildman–Crippen MR) is 84.1 cm³/mol. The van der Waals surface area contributed by atoms with Gasteiger partial charge in [0.1, 0.15) is 0 Å². The SMILES string of the molecule is Cc1cc(C(=O)NCCC(O)c2cccs2)ccc1[N+](=O)[O-]. The van der Waals surface area contributed by atoms with Gasteiger partial charge in [0.25, 0.3) is 11.6 Å². The Morgan fingerprint density at radius 3 is 2.82 bits per heavy atom. The molecule has 0 aliphatic heterocycles. The fraction of sp³-hybridized carbons (Fsp3) is 0.267. The van der Waals surface area contributed by atoms with Gasteiger partial charge in [-0.15, -0.1) is 11.3 Å². The van der Waals surface area contributed by atoms with E-state index >= 15 is 0 Å². The molecular formula is C15H16N2O4S. The monoisotopic (exact) mass is 320 g/mol. The van der Waals surface area contributed by atoms with Gasteiger partial charge < -0.3 is 10.4 Å². The van der Waals surface area contributed by atoms with Crippen molar-refractivity contribution in [2.24, 2.45) is 0 Å². The summed E-state index contributed by atoms with van der Waals surface area (Å²) in [6, 6.07) is 7.95. The van der Waals surface area contributed by atoms with Crippen LogP contribution in [-0.4, -0.2) is 22.5 Å². The molecule has 0 fully saturated rings. The summed E-state index contributed by atoms with van der Waals surface area (Å²) in [6.07, 6.45) is -0.183. The van der Waals surface area contributed by atoms with E-state index in [1.54, 1.807) is 6.92 Å². The fourth-order valence-corrected chi connectivity index (χ4v) is 2.80. The van der Waals surface area contributed by atoms with Crippen molar-refractivity contribution in [2.75, 3.05) is 6.54 Å². The second kappa shape index (κ2) is 7.15. The number of nitro groups is 1. The molecular weight excluding hydrogens is 304 g/mol. The first-order chi connectivity index (χ1) is 10.5. The van der Waals surface area contributed by atoms with Gasteiger partial charge in [0.05, 0.1) is 11.0 Å². The summed E-state index contributed by atoms with van der Waals surface area (Å²) in [7, 11) is 0. The largest absolute Gasteiger partial charge is 0.388 e. The van der Waals surface area contributed by atoms with Crippen molar-refractivity contribution in [3.05, 3.63) is 61.8 Å². The molecule has 22 heavy (non-hydrogen) atoms. The minimum atomic E-state index is -0.598. The van der Waals surface area contributed by atoms with Crippen LogP contribution in [0.4, 0.5) is 5.69 Å². The quantitative estimate of drug-likeness (QED) is 0.632. The maximum atomic E-state index is 12.0. The highest BCUT2D eigenvalue weighted by Crippen LogP contribution is 2.21. The molecule has 0 radical (unpaired) electrons. The standard InChI is InChI=1S/C15H16N2O4S/c1-10-9-11(4-5-12(10)17(20)21)15(19)16-7-6-13(18)14-3-2-8-22-14/h2-5,8-9,13,18H,6-7H2,1H3,(H,16,19). The van der Waals surface area contributed by atoms with E-state index in [1.165, 1.54) is 29.5 Å². The van der Waals surface area contributed by atoms with Gasteiger partial charge in [-0.05, 0) is 36.9 Å². The Kier molecular flexibility index (Phi) is 5.24. The number of aryl methyl sites for hydroxylation is 1. The lowest BCUT2D eigenvalue weighted by atomic mass is 10.1. The maximum Gasteiger partial charge on any atom is 0.272 e. The Hall–Kier alpha value is -2.25. The van der Waals surface area contributed by atoms with Gasteiger partial charge in [-0.25, -0.2) is 0 Å². The van der Waals surface area contributed by atoms with Crippen LogP contribution < -0.4 is 5.32 Å². The Morgan fingerprint density at radius 2 is 2.23 bits per heavy atom. The van der Waals surface area contributed by atoms with E-state index in [0.29, 0.717) is 24.1 Å². The summed E-state index contributed by atoms with van der Waals surface area (Å²) in [5, 5.41) is 25.2. The fourth-order valence-electron chi connectivity index (χ4n) is 2.05. The maximum absolute atomic E-state index is 12.0. The van der Waals surface area contributed by atoms with Crippen LogP contribution in [0.5, 0.6) is 0 Å². The van der Waals surface area contributed by atoms with E-state index in [4.69, 9.17) is 0 Å². The molecule has 0 aliphatic carbocycles. The Morgan fingerprint density at radius 1 is 1.45 bits per heavy atom. The zero-order chi connectivity index (χ0) is 16.1. The van der Waals surface area contributed by atoms with Crippen LogP contribution in [0, 0.1) is 17.0 Å². The third kappa shape index (κ3) is 3.90. The molecule has 7 heteroatoms. The number of thiophene rings is 1. The van der Waals surface area contributed by atoms with E-state index in [2.05, 4.69) is 5.32 Å². The molecule has 0 bridgehead atoms. The Bertz CT molecular complexity index is 670. The van der Waals surface area contributed by atoms with E-state index in [1.807, 2.05) is 17.5 Å². The molecule has 0 saturated heterocycles. The summed E-state index contributed by atoms with van der Waals surface area (Å²) in [6.45, 7) is 1.92. The van der Waals surface area contributed by atoms with Crippen LogP contribution >= 0.6 is 11.3 Å². The molecule has 2 rings (SSSR count). The molecule has 2 N–H and O–H groups in total. The van der Waals surface area contributed by atoms with Gasteiger partial charge >= 0.3 is 0 Å². The van der Waals surface area contributed by atoms with Crippen LogP contribution in [0.2, 0.25) is 0 Å². The van der Waals surface area contributed by atoms with Gasteiger partial charge in [0.2, 0.25) is 0 Å². The molecule has 1 aromatic carbocycles. The van der Waals surface area contributed by atoms with Gasteiger partial charge in [-0.2, -0.15) is 0 Å². The number of aliphatic hydroxyl groups excluding tert-OH is 1. The summed E-state index contributed by atoms with van der Waals surface area (Å²) in [4.78, 5) is 23.1. The first kappa shape index (κ1) is 16.1. The number of nitrogens with zero attached hydrogens (tertiary/aromatic N) is 1. The first-order valence-electron chi connectivity index (χ1n) is 6.73. The normalized spacial score (nSPS) is 11.9. The van der Waals surface area contributed by atoms with Crippen LogP contribution in [0.15, 0.2) is 35.7 Å². The average Bonchev–Trinajstić information content (AvgIpc) is 3.00.